The summed E-state index contributed by atoms with van der Waals surface area (Å²) in [5.41, 5.74) is 1.84. The van der Waals surface area contributed by atoms with Crippen molar-refractivity contribution >= 4 is 0 Å². The van der Waals surface area contributed by atoms with Gasteiger partial charge < -0.3 is 70.0 Å². The summed E-state index contributed by atoms with van der Waals surface area (Å²) in [5, 5.41) is 99.1. The summed E-state index contributed by atoms with van der Waals surface area (Å²) in [6.45, 7) is -1.23. The molecule has 2 aliphatic rings. The molecule has 0 spiro atoms. The molecule has 2 aromatic carbocycles. The molecule has 2 aromatic rings. The van der Waals surface area contributed by atoms with Crippen LogP contribution >= 0.6 is 0 Å². The van der Waals surface area contributed by atoms with E-state index in [1.54, 1.807) is 36.4 Å². The first-order valence-corrected chi connectivity index (χ1v) is 15.4. The molecule has 0 aliphatic carbocycles. The number of hydrogen-bond donors (Lipinski definition) is 10. The van der Waals surface area contributed by atoms with Gasteiger partial charge in [0.1, 0.15) is 60.3 Å². The second-order valence-corrected chi connectivity index (χ2v) is 11.9. The summed E-state index contributed by atoms with van der Waals surface area (Å²) >= 11 is 0. The summed E-state index contributed by atoms with van der Waals surface area (Å²) < 4.78 is 22.2. The molecular weight excluding hydrogens is 608 g/mol. The monoisotopic (exact) mass is 654 g/mol. The average molecular weight is 655 g/mol. The van der Waals surface area contributed by atoms with Gasteiger partial charge in [-0.05, 0) is 72.9 Å². The topological polar surface area (TPSA) is 239 Å². The minimum Gasteiger partial charge on any atom is -0.462 e. The van der Waals surface area contributed by atoms with Crippen LogP contribution in [-0.2, 0) is 22.3 Å². The highest BCUT2D eigenvalue weighted by atomic mass is 16.7. The molecule has 2 aliphatic heterocycles. The zero-order valence-corrected chi connectivity index (χ0v) is 25.3. The van der Waals surface area contributed by atoms with Gasteiger partial charge in [0.25, 0.3) is 0 Å². The Morgan fingerprint density at radius 2 is 0.957 bits per heavy atom. The molecule has 2 fully saturated rings. The van der Waals surface area contributed by atoms with Crippen molar-refractivity contribution < 1.29 is 70.0 Å². The fourth-order valence-corrected chi connectivity index (χ4v) is 5.85. The molecule has 14 nitrogen and oxygen atoms in total. The molecule has 2 heterocycles. The second kappa shape index (κ2) is 17.1. The maximum atomic E-state index is 10.4. The van der Waals surface area contributed by atoms with Gasteiger partial charge in [0, 0.05) is 13.2 Å². The van der Waals surface area contributed by atoms with E-state index in [4.69, 9.17) is 18.9 Å². The molecule has 4 rings (SSSR count). The number of aliphatic hydroxyl groups is 10. The zero-order chi connectivity index (χ0) is 33.4. The smallest absolute Gasteiger partial charge is 0.229 e. The lowest BCUT2D eigenvalue weighted by atomic mass is 9.80. The van der Waals surface area contributed by atoms with Gasteiger partial charge in [0.15, 0.2) is 0 Å². The normalized spacial score (nSPS) is 32.9. The van der Waals surface area contributed by atoms with Crippen molar-refractivity contribution in [2.45, 2.75) is 87.1 Å². The minimum absolute atomic E-state index is 0.000548. The molecule has 0 radical (unpaired) electrons. The van der Waals surface area contributed by atoms with E-state index in [0.717, 1.165) is 11.1 Å². The van der Waals surface area contributed by atoms with Crippen LogP contribution in [0.15, 0.2) is 48.5 Å². The Hall–Kier alpha value is -2.44. The van der Waals surface area contributed by atoms with E-state index in [1.165, 1.54) is 0 Å². The van der Waals surface area contributed by atoms with Crippen LogP contribution in [0.2, 0.25) is 0 Å². The van der Waals surface area contributed by atoms with Crippen LogP contribution in [0, 0.1) is 11.8 Å². The van der Waals surface area contributed by atoms with E-state index in [9.17, 15) is 51.1 Å². The van der Waals surface area contributed by atoms with Gasteiger partial charge in [-0.1, -0.05) is 24.3 Å². The molecule has 12 atom stereocenters. The quantitative estimate of drug-likeness (QED) is 0.0984. The Balaban J connectivity index is 1.37. The number of aliphatic hydroxyl groups excluding tert-OH is 10. The van der Waals surface area contributed by atoms with E-state index in [-0.39, 0.29) is 25.0 Å². The molecule has 0 aromatic heterocycles. The molecule has 258 valence electrons. The Kier molecular flexibility index (Phi) is 13.5. The number of benzene rings is 2. The molecule has 2 saturated heterocycles. The summed E-state index contributed by atoms with van der Waals surface area (Å²) in [7, 11) is 0. The summed E-state index contributed by atoms with van der Waals surface area (Å²) in [6, 6.07) is 13.9. The third-order valence-electron chi connectivity index (χ3n) is 8.68. The van der Waals surface area contributed by atoms with E-state index in [1.807, 2.05) is 12.1 Å². The number of hydrogen-bond acceptors (Lipinski definition) is 14. The van der Waals surface area contributed by atoms with Gasteiger partial charge in [-0.15, -0.1) is 0 Å². The van der Waals surface area contributed by atoms with Crippen molar-refractivity contribution in [1.29, 1.82) is 0 Å². The van der Waals surface area contributed by atoms with Gasteiger partial charge in [0.05, 0.1) is 13.2 Å². The van der Waals surface area contributed by atoms with Crippen molar-refractivity contribution in [3.05, 3.63) is 59.7 Å². The lowest BCUT2D eigenvalue weighted by molar-refractivity contribution is -0.277. The molecular formula is C32H46O14. The van der Waals surface area contributed by atoms with Gasteiger partial charge in [-0.3, -0.25) is 0 Å². The number of ether oxygens (including phenoxy) is 4. The molecule has 0 bridgehead atoms. The zero-order valence-electron chi connectivity index (χ0n) is 25.3. The molecule has 46 heavy (non-hydrogen) atoms. The van der Waals surface area contributed by atoms with Crippen molar-refractivity contribution in [3.8, 4) is 11.5 Å². The predicted octanol–water partition coefficient (Wildman–Crippen LogP) is -2.17. The van der Waals surface area contributed by atoms with E-state index < -0.39 is 74.6 Å². The number of rotatable bonds is 15. The summed E-state index contributed by atoms with van der Waals surface area (Å²) in [5.74, 6) is 0.509. The van der Waals surface area contributed by atoms with Gasteiger partial charge in [-0.2, -0.15) is 0 Å². The van der Waals surface area contributed by atoms with Gasteiger partial charge in [-0.25, -0.2) is 0 Å². The third kappa shape index (κ3) is 8.92. The van der Waals surface area contributed by atoms with E-state index in [2.05, 4.69) is 0 Å². The second-order valence-electron chi connectivity index (χ2n) is 11.9. The molecule has 0 unspecified atom stereocenters. The standard InChI is InChI=1S/C32H46O14/c33-11-1-2-19(12-17-3-7-21(8-4-17)43-31-29(41)27(39)25(37)23(15-35)45-31)20(14-34)13-18-5-9-22(10-6-18)44-32-30(42)28(40)26(38)24(16-36)46-32/h3-10,19-20,23-42H,1-2,11-16H2/t19-,20+,23+,24+,25+,26+,27-,28-,29+,30+,31+,32+/m0/s1. The fraction of sp³-hybridized carbons (Fsp3) is 0.625. The van der Waals surface area contributed by atoms with Crippen molar-refractivity contribution in [3.63, 3.8) is 0 Å². The fourth-order valence-electron chi connectivity index (χ4n) is 5.85. The van der Waals surface area contributed by atoms with Crippen LogP contribution in [0.25, 0.3) is 0 Å². The first-order valence-electron chi connectivity index (χ1n) is 15.4. The van der Waals surface area contributed by atoms with Crippen LogP contribution in [0.5, 0.6) is 11.5 Å². The van der Waals surface area contributed by atoms with Crippen LogP contribution in [0.3, 0.4) is 0 Å². The molecule has 0 amide bonds. The highest BCUT2D eigenvalue weighted by Crippen LogP contribution is 2.30. The van der Waals surface area contributed by atoms with Crippen LogP contribution < -0.4 is 9.47 Å². The van der Waals surface area contributed by atoms with E-state index in [0.29, 0.717) is 37.2 Å². The van der Waals surface area contributed by atoms with Crippen molar-refractivity contribution in [1.82, 2.24) is 0 Å². The molecule has 10 N–H and O–H groups in total. The maximum Gasteiger partial charge on any atom is 0.229 e. The van der Waals surface area contributed by atoms with Crippen molar-refractivity contribution in [2.75, 3.05) is 26.4 Å². The third-order valence-corrected chi connectivity index (χ3v) is 8.68. The Morgan fingerprint density at radius 3 is 1.33 bits per heavy atom. The van der Waals surface area contributed by atoms with E-state index >= 15 is 0 Å². The first-order chi connectivity index (χ1) is 22.1. The Labute approximate surface area is 266 Å². The Morgan fingerprint density at radius 1 is 0.543 bits per heavy atom. The lowest BCUT2D eigenvalue weighted by Gasteiger charge is -2.39. The molecule has 0 saturated carbocycles. The first kappa shape index (κ1) is 36.4. The SMILES string of the molecule is OCCC[C@@H](Cc1ccc(O[C@@H]2O[C@H](CO)[C@@H](O)[C@H](O)[C@H]2O)cc1)[C@@H](CO)Cc1ccc(O[C@@H]2O[C@H](CO)[C@@H](O)[C@H](O)[C@H]2O)cc1. The van der Waals surface area contributed by atoms with Crippen molar-refractivity contribution in [2.24, 2.45) is 11.8 Å². The summed E-state index contributed by atoms with van der Waals surface area (Å²) in [6.07, 6.45) is -11.6. The maximum absolute atomic E-state index is 10.4. The Bertz CT molecular complexity index is 1160. The van der Waals surface area contributed by atoms with Crippen LogP contribution in [-0.4, -0.2) is 139 Å². The average Bonchev–Trinajstić information content (AvgIpc) is 3.07. The minimum atomic E-state index is -1.55. The molecule has 14 heteroatoms. The summed E-state index contributed by atoms with van der Waals surface area (Å²) in [4.78, 5) is 0. The van der Waals surface area contributed by atoms with Gasteiger partial charge in [0.2, 0.25) is 12.6 Å². The predicted molar refractivity (Wildman–Crippen MR) is 159 cm³/mol. The highest BCUT2D eigenvalue weighted by molar-refractivity contribution is 5.29. The van der Waals surface area contributed by atoms with Gasteiger partial charge >= 0.3 is 0 Å². The van der Waals surface area contributed by atoms with Crippen LogP contribution in [0.4, 0.5) is 0 Å². The lowest BCUT2D eigenvalue weighted by Crippen LogP contribution is -2.60. The van der Waals surface area contributed by atoms with Crippen LogP contribution in [0.1, 0.15) is 24.0 Å². The largest absolute Gasteiger partial charge is 0.462 e. The highest BCUT2D eigenvalue weighted by Gasteiger charge is 2.45.